The van der Waals surface area contributed by atoms with Crippen molar-refractivity contribution in [2.45, 2.75) is 51.1 Å². The molecule has 1 nitrogen and oxygen atoms in total. The lowest BCUT2D eigenvalue weighted by atomic mass is 9.74. The van der Waals surface area contributed by atoms with E-state index in [9.17, 15) is 0 Å². The highest BCUT2D eigenvalue weighted by atomic mass is 15.0. The van der Waals surface area contributed by atoms with Crippen LogP contribution >= 0.6 is 0 Å². The largest absolute Gasteiger partial charge is 0.309 e. The molecule has 0 bridgehead atoms. The summed E-state index contributed by atoms with van der Waals surface area (Å²) in [5.41, 5.74) is 1.73. The monoisotopic (exact) mass is 203 g/mol. The zero-order valence-corrected chi connectivity index (χ0v) is 9.96. The SMILES string of the molecule is CC(C)(C)N[C@H]1CC[C@H]1c1ccccc1. The molecule has 0 saturated heterocycles. The molecule has 0 unspecified atom stereocenters. The van der Waals surface area contributed by atoms with Gasteiger partial charge in [0.2, 0.25) is 0 Å². The molecule has 15 heavy (non-hydrogen) atoms. The highest BCUT2D eigenvalue weighted by Gasteiger charge is 2.33. The van der Waals surface area contributed by atoms with Crippen LogP contribution in [0.15, 0.2) is 30.3 Å². The molecule has 0 heterocycles. The maximum atomic E-state index is 3.70. The summed E-state index contributed by atoms with van der Waals surface area (Å²) in [7, 11) is 0. The molecular weight excluding hydrogens is 182 g/mol. The summed E-state index contributed by atoms with van der Waals surface area (Å²) in [6.07, 6.45) is 2.65. The molecule has 1 aromatic rings. The van der Waals surface area contributed by atoms with Gasteiger partial charge >= 0.3 is 0 Å². The first kappa shape index (κ1) is 10.7. The Morgan fingerprint density at radius 2 is 1.73 bits per heavy atom. The van der Waals surface area contributed by atoms with E-state index in [1.165, 1.54) is 18.4 Å². The first-order chi connectivity index (χ1) is 7.06. The summed E-state index contributed by atoms with van der Waals surface area (Å²) < 4.78 is 0. The molecule has 1 saturated carbocycles. The molecule has 1 N–H and O–H groups in total. The Morgan fingerprint density at radius 3 is 2.20 bits per heavy atom. The summed E-state index contributed by atoms with van der Waals surface area (Å²) in [6.45, 7) is 6.73. The summed E-state index contributed by atoms with van der Waals surface area (Å²) in [5, 5.41) is 3.70. The van der Waals surface area contributed by atoms with Gasteiger partial charge in [0.15, 0.2) is 0 Å². The Bertz CT molecular complexity index is 310. The van der Waals surface area contributed by atoms with Crippen molar-refractivity contribution >= 4 is 0 Å². The van der Waals surface area contributed by atoms with Crippen molar-refractivity contribution in [1.29, 1.82) is 0 Å². The van der Waals surface area contributed by atoms with E-state index >= 15 is 0 Å². The predicted octanol–water partition coefficient (Wildman–Crippen LogP) is 3.32. The van der Waals surface area contributed by atoms with Crippen molar-refractivity contribution in [3.05, 3.63) is 35.9 Å². The lowest BCUT2D eigenvalue weighted by molar-refractivity contribution is 0.228. The number of nitrogens with one attached hydrogen (secondary N) is 1. The Morgan fingerprint density at radius 1 is 1.07 bits per heavy atom. The van der Waals surface area contributed by atoms with Crippen LogP contribution in [0.5, 0.6) is 0 Å². The topological polar surface area (TPSA) is 12.0 Å². The fourth-order valence-electron chi connectivity index (χ4n) is 2.33. The molecule has 0 radical (unpaired) electrons. The number of hydrogen-bond donors (Lipinski definition) is 1. The molecule has 0 aliphatic heterocycles. The molecule has 82 valence electrons. The highest BCUT2D eigenvalue weighted by Crippen LogP contribution is 2.37. The lowest BCUT2D eigenvalue weighted by Crippen LogP contribution is -2.50. The van der Waals surface area contributed by atoms with Crippen molar-refractivity contribution in [1.82, 2.24) is 5.32 Å². The van der Waals surface area contributed by atoms with Crippen molar-refractivity contribution in [2.75, 3.05) is 0 Å². The van der Waals surface area contributed by atoms with Gasteiger partial charge in [-0.1, -0.05) is 30.3 Å². The summed E-state index contributed by atoms with van der Waals surface area (Å²) in [5.74, 6) is 0.727. The molecule has 2 rings (SSSR count). The third-order valence-electron chi connectivity index (χ3n) is 3.12. The second-order valence-electron chi connectivity index (χ2n) is 5.60. The number of benzene rings is 1. The predicted molar refractivity (Wildman–Crippen MR) is 65.1 cm³/mol. The van der Waals surface area contributed by atoms with Crippen LogP contribution in [0.1, 0.15) is 45.1 Å². The fraction of sp³-hybridized carbons (Fsp3) is 0.571. The average molecular weight is 203 g/mol. The van der Waals surface area contributed by atoms with E-state index in [0.29, 0.717) is 6.04 Å². The molecule has 0 aromatic heterocycles. The van der Waals surface area contributed by atoms with Gasteiger partial charge in [-0.05, 0) is 45.1 Å². The average Bonchev–Trinajstić information content (AvgIpc) is 2.13. The zero-order valence-electron chi connectivity index (χ0n) is 9.96. The minimum Gasteiger partial charge on any atom is -0.309 e. The quantitative estimate of drug-likeness (QED) is 0.777. The number of hydrogen-bond acceptors (Lipinski definition) is 1. The third-order valence-corrected chi connectivity index (χ3v) is 3.12. The highest BCUT2D eigenvalue weighted by molar-refractivity contribution is 5.24. The second kappa shape index (κ2) is 3.97. The van der Waals surface area contributed by atoms with E-state index in [1.807, 2.05) is 0 Å². The van der Waals surface area contributed by atoms with E-state index < -0.39 is 0 Å². The second-order valence-corrected chi connectivity index (χ2v) is 5.60. The number of rotatable bonds is 2. The van der Waals surface area contributed by atoms with Gasteiger partial charge in [0, 0.05) is 11.6 Å². The first-order valence-corrected chi connectivity index (χ1v) is 5.89. The van der Waals surface area contributed by atoms with Crippen molar-refractivity contribution < 1.29 is 0 Å². The maximum absolute atomic E-state index is 3.70. The van der Waals surface area contributed by atoms with Gasteiger partial charge in [-0.2, -0.15) is 0 Å². The van der Waals surface area contributed by atoms with Crippen LogP contribution in [-0.4, -0.2) is 11.6 Å². The normalized spacial score (nSPS) is 26.1. The Labute approximate surface area is 92.9 Å². The van der Waals surface area contributed by atoms with E-state index in [-0.39, 0.29) is 5.54 Å². The molecular formula is C14H21N. The molecule has 1 aromatic carbocycles. The van der Waals surface area contributed by atoms with Gasteiger partial charge in [-0.15, -0.1) is 0 Å². The Kier molecular flexibility index (Phi) is 2.83. The van der Waals surface area contributed by atoms with Crippen LogP contribution in [0.25, 0.3) is 0 Å². The first-order valence-electron chi connectivity index (χ1n) is 5.89. The minimum atomic E-state index is 0.234. The van der Waals surface area contributed by atoms with Gasteiger partial charge in [-0.3, -0.25) is 0 Å². The minimum absolute atomic E-state index is 0.234. The molecule has 2 atom stereocenters. The van der Waals surface area contributed by atoms with Gasteiger partial charge in [-0.25, -0.2) is 0 Å². The Balaban J connectivity index is 2.01. The summed E-state index contributed by atoms with van der Waals surface area (Å²) in [6, 6.07) is 11.5. The van der Waals surface area contributed by atoms with E-state index in [4.69, 9.17) is 0 Å². The third kappa shape index (κ3) is 2.60. The standard InChI is InChI=1S/C14H21N/c1-14(2,3)15-13-10-9-12(13)11-7-5-4-6-8-11/h4-8,12-13,15H,9-10H2,1-3H3/t12-,13-/m0/s1. The molecule has 1 heteroatoms. The van der Waals surface area contributed by atoms with Crippen molar-refractivity contribution in [2.24, 2.45) is 0 Å². The van der Waals surface area contributed by atoms with Gasteiger partial charge < -0.3 is 5.32 Å². The maximum Gasteiger partial charge on any atom is 0.0141 e. The van der Waals surface area contributed by atoms with Crippen LogP contribution in [-0.2, 0) is 0 Å². The van der Waals surface area contributed by atoms with Crippen LogP contribution in [0.2, 0.25) is 0 Å². The van der Waals surface area contributed by atoms with E-state index in [0.717, 1.165) is 5.92 Å². The van der Waals surface area contributed by atoms with Gasteiger partial charge in [0.05, 0.1) is 0 Å². The summed E-state index contributed by atoms with van der Waals surface area (Å²) >= 11 is 0. The molecule has 1 aliphatic carbocycles. The van der Waals surface area contributed by atoms with Gasteiger partial charge in [0.1, 0.15) is 0 Å². The van der Waals surface area contributed by atoms with Crippen LogP contribution in [0.4, 0.5) is 0 Å². The van der Waals surface area contributed by atoms with Crippen molar-refractivity contribution in [3.8, 4) is 0 Å². The van der Waals surface area contributed by atoms with Crippen LogP contribution in [0.3, 0.4) is 0 Å². The smallest absolute Gasteiger partial charge is 0.0141 e. The zero-order chi connectivity index (χ0) is 10.9. The molecule has 1 fully saturated rings. The van der Waals surface area contributed by atoms with Crippen molar-refractivity contribution in [3.63, 3.8) is 0 Å². The summed E-state index contributed by atoms with van der Waals surface area (Å²) in [4.78, 5) is 0. The lowest BCUT2D eigenvalue weighted by Gasteiger charge is -2.42. The van der Waals surface area contributed by atoms with E-state index in [2.05, 4.69) is 56.4 Å². The van der Waals surface area contributed by atoms with E-state index in [1.54, 1.807) is 0 Å². The Hall–Kier alpha value is -0.820. The molecule has 1 aliphatic rings. The molecule has 0 amide bonds. The fourth-order valence-corrected chi connectivity index (χ4v) is 2.33. The molecule has 0 spiro atoms. The van der Waals surface area contributed by atoms with Crippen LogP contribution in [0, 0.1) is 0 Å². The van der Waals surface area contributed by atoms with Gasteiger partial charge in [0.25, 0.3) is 0 Å². The van der Waals surface area contributed by atoms with Crippen LogP contribution < -0.4 is 5.32 Å².